The van der Waals surface area contributed by atoms with Crippen molar-refractivity contribution in [3.05, 3.63) is 0 Å². The van der Waals surface area contributed by atoms with Gasteiger partial charge < -0.3 is 29.5 Å². The number of carbonyl (C=O) groups is 4. The Morgan fingerprint density at radius 2 is 1.85 bits per heavy atom. The number of rotatable bonds is 9. The molecule has 1 saturated heterocycles. The Hall–Kier alpha value is -2.40. The van der Waals surface area contributed by atoms with Crippen molar-refractivity contribution in [3.8, 4) is 0 Å². The summed E-state index contributed by atoms with van der Waals surface area (Å²) in [6.45, 7) is 4.12. The van der Waals surface area contributed by atoms with Crippen molar-refractivity contribution in [1.82, 2.24) is 15.5 Å². The second-order valence-electron chi connectivity index (χ2n) is 6.58. The van der Waals surface area contributed by atoms with E-state index in [4.69, 9.17) is 14.6 Å². The van der Waals surface area contributed by atoms with E-state index < -0.39 is 48.9 Å². The zero-order chi connectivity index (χ0) is 19.9. The zero-order valence-corrected chi connectivity index (χ0v) is 15.2. The first-order valence-corrected chi connectivity index (χ1v) is 7.94. The Bertz CT molecular complexity index is 545. The second kappa shape index (κ2) is 9.34. The molecule has 0 aromatic rings. The SMILES string of the molecule is COC(=O)CN(CC(=O)O)C(=O)CNC1OC1CNC(=O)OC(C)(C)C. The van der Waals surface area contributed by atoms with E-state index in [0.29, 0.717) is 0 Å². The minimum absolute atomic E-state index is 0.196. The van der Waals surface area contributed by atoms with Crippen LogP contribution >= 0.6 is 0 Å². The normalized spacial score (nSPS) is 18.6. The van der Waals surface area contributed by atoms with Crippen molar-refractivity contribution >= 4 is 23.9 Å². The third-order valence-corrected chi connectivity index (χ3v) is 3.11. The van der Waals surface area contributed by atoms with Crippen LogP contribution in [0.1, 0.15) is 20.8 Å². The minimum atomic E-state index is -1.25. The van der Waals surface area contributed by atoms with Gasteiger partial charge in [0.15, 0.2) is 0 Å². The van der Waals surface area contributed by atoms with Gasteiger partial charge in [-0.05, 0) is 20.8 Å². The van der Waals surface area contributed by atoms with Crippen molar-refractivity contribution < 1.29 is 38.5 Å². The van der Waals surface area contributed by atoms with E-state index in [1.165, 1.54) is 0 Å². The summed E-state index contributed by atoms with van der Waals surface area (Å²) in [5.74, 6) is -2.56. The van der Waals surface area contributed by atoms with E-state index in [-0.39, 0.29) is 19.2 Å². The Morgan fingerprint density at radius 1 is 1.19 bits per heavy atom. The zero-order valence-electron chi connectivity index (χ0n) is 15.2. The average molecular weight is 375 g/mol. The summed E-state index contributed by atoms with van der Waals surface area (Å²) < 4.78 is 14.8. The maximum atomic E-state index is 12.0. The lowest BCUT2D eigenvalue weighted by molar-refractivity contribution is -0.150. The van der Waals surface area contributed by atoms with Gasteiger partial charge in [-0.25, -0.2) is 4.79 Å². The van der Waals surface area contributed by atoms with Crippen LogP contribution in [0.3, 0.4) is 0 Å². The Balaban J connectivity index is 2.33. The molecule has 2 amide bonds. The largest absolute Gasteiger partial charge is 0.480 e. The van der Waals surface area contributed by atoms with Gasteiger partial charge in [-0.1, -0.05) is 0 Å². The molecule has 1 aliphatic rings. The fraction of sp³-hybridized carbons (Fsp3) is 0.733. The summed E-state index contributed by atoms with van der Waals surface area (Å²) >= 11 is 0. The lowest BCUT2D eigenvalue weighted by Gasteiger charge is -2.19. The van der Waals surface area contributed by atoms with Crippen LogP contribution in [0.15, 0.2) is 0 Å². The predicted octanol–water partition coefficient (Wildman–Crippen LogP) is -1.09. The molecule has 26 heavy (non-hydrogen) atoms. The molecule has 0 saturated carbocycles. The molecule has 1 rings (SSSR count). The lowest BCUT2D eigenvalue weighted by atomic mass is 10.2. The molecule has 1 heterocycles. The highest BCUT2D eigenvalue weighted by molar-refractivity contribution is 5.86. The summed E-state index contributed by atoms with van der Waals surface area (Å²) in [4.78, 5) is 46.5. The second-order valence-corrected chi connectivity index (χ2v) is 6.58. The Morgan fingerprint density at radius 3 is 2.38 bits per heavy atom. The molecule has 0 spiro atoms. The number of hydrogen-bond donors (Lipinski definition) is 3. The van der Waals surface area contributed by atoms with Gasteiger partial charge in [-0.3, -0.25) is 19.7 Å². The minimum Gasteiger partial charge on any atom is -0.480 e. The van der Waals surface area contributed by atoms with Gasteiger partial charge in [0, 0.05) is 0 Å². The predicted molar refractivity (Wildman–Crippen MR) is 87.1 cm³/mol. The van der Waals surface area contributed by atoms with E-state index in [1.807, 2.05) is 0 Å². The number of nitrogens with zero attached hydrogens (tertiary/aromatic N) is 1. The summed E-state index contributed by atoms with van der Waals surface area (Å²) in [6.07, 6.45) is -1.36. The first-order valence-electron chi connectivity index (χ1n) is 7.94. The van der Waals surface area contributed by atoms with Crippen molar-refractivity contribution in [3.63, 3.8) is 0 Å². The van der Waals surface area contributed by atoms with Crippen LogP contribution in [0.2, 0.25) is 0 Å². The molecule has 0 aromatic heterocycles. The van der Waals surface area contributed by atoms with Gasteiger partial charge >= 0.3 is 18.0 Å². The van der Waals surface area contributed by atoms with E-state index in [9.17, 15) is 19.2 Å². The highest BCUT2D eigenvalue weighted by atomic mass is 16.6. The van der Waals surface area contributed by atoms with E-state index >= 15 is 0 Å². The van der Waals surface area contributed by atoms with Gasteiger partial charge in [0.05, 0.1) is 20.2 Å². The van der Waals surface area contributed by atoms with E-state index in [0.717, 1.165) is 12.0 Å². The van der Waals surface area contributed by atoms with Crippen molar-refractivity contribution in [1.29, 1.82) is 0 Å². The summed E-state index contributed by atoms with van der Waals surface area (Å²) in [5.41, 5.74) is -0.605. The molecular formula is C15H25N3O8. The van der Waals surface area contributed by atoms with Crippen LogP contribution < -0.4 is 10.6 Å². The maximum Gasteiger partial charge on any atom is 0.407 e. The monoisotopic (exact) mass is 375 g/mol. The third kappa shape index (κ3) is 8.62. The molecule has 3 N–H and O–H groups in total. The molecule has 1 aliphatic heterocycles. The van der Waals surface area contributed by atoms with Crippen LogP contribution in [0, 0.1) is 0 Å². The summed E-state index contributed by atoms with van der Waals surface area (Å²) in [5, 5.41) is 14.1. The molecular weight excluding hydrogens is 350 g/mol. The van der Waals surface area contributed by atoms with E-state index in [2.05, 4.69) is 15.4 Å². The third-order valence-electron chi connectivity index (χ3n) is 3.11. The van der Waals surface area contributed by atoms with Crippen LogP contribution in [-0.4, -0.2) is 85.2 Å². The molecule has 2 atom stereocenters. The van der Waals surface area contributed by atoms with Crippen molar-refractivity contribution in [2.75, 3.05) is 33.3 Å². The van der Waals surface area contributed by atoms with Gasteiger partial charge in [0.25, 0.3) is 0 Å². The fourth-order valence-corrected chi connectivity index (χ4v) is 1.89. The van der Waals surface area contributed by atoms with E-state index in [1.54, 1.807) is 20.8 Å². The number of nitrogens with one attached hydrogen (secondary N) is 2. The average Bonchev–Trinajstić information content (AvgIpc) is 3.26. The number of ether oxygens (including phenoxy) is 3. The molecule has 0 bridgehead atoms. The van der Waals surface area contributed by atoms with Gasteiger partial charge in [-0.15, -0.1) is 0 Å². The highest BCUT2D eigenvalue weighted by Crippen LogP contribution is 2.18. The number of carboxylic acid groups (broad SMARTS) is 1. The number of epoxide rings is 1. The number of carboxylic acids is 1. The summed E-state index contributed by atoms with van der Waals surface area (Å²) in [6, 6.07) is 0. The summed E-state index contributed by atoms with van der Waals surface area (Å²) in [7, 11) is 1.14. The molecule has 0 aliphatic carbocycles. The smallest absolute Gasteiger partial charge is 0.407 e. The molecule has 11 heteroatoms. The number of carbonyl (C=O) groups excluding carboxylic acids is 3. The molecule has 0 radical (unpaired) electrons. The van der Waals surface area contributed by atoms with Crippen LogP contribution in [-0.2, 0) is 28.6 Å². The molecule has 1 fully saturated rings. The fourth-order valence-electron chi connectivity index (χ4n) is 1.89. The molecule has 148 valence electrons. The molecule has 11 nitrogen and oxygen atoms in total. The number of methoxy groups -OCH3 is 1. The number of aliphatic carboxylic acids is 1. The van der Waals surface area contributed by atoms with Gasteiger partial charge in [0.1, 0.15) is 31.0 Å². The highest BCUT2D eigenvalue weighted by Gasteiger charge is 2.39. The van der Waals surface area contributed by atoms with Crippen LogP contribution in [0.4, 0.5) is 4.79 Å². The van der Waals surface area contributed by atoms with Gasteiger partial charge in [-0.2, -0.15) is 0 Å². The first-order chi connectivity index (χ1) is 12.0. The topological polar surface area (TPSA) is 147 Å². The van der Waals surface area contributed by atoms with Crippen LogP contribution in [0.25, 0.3) is 0 Å². The maximum absolute atomic E-state index is 12.0. The standard InChI is InChI=1S/C15H25N3O8/c1-15(2,3)26-14(23)17-5-9-13(25-9)16-6-10(19)18(7-11(20)21)8-12(22)24-4/h9,13,16H,5-8H2,1-4H3,(H,17,23)(H,20,21). The number of esters is 1. The first kappa shape index (κ1) is 21.6. The molecule has 0 aromatic carbocycles. The molecule has 2 unspecified atom stereocenters. The number of hydrogen-bond acceptors (Lipinski definition) is 8. The van der Waals surface area contributed by atoms with Crippen molar-refractivity contribution in [2.24, 2.45) is 0 Å². The number of amides is 2. The van der Waals surface area contributed by atoms with Crippen molar-refractivity contribution in [2.45, 2.75) is 38.7 Å². The number of alkyl carbamates (subject to hydrolysis) is 1. The Kier molecular flexibility index (Phi) is 7.77. The van der Waals surface area contributed by atoms with Crippen LogP contribution in [0.5, 0.6) is 0 Å². The lowest BCUT2D eigenvalue weighted by Crippen LogP contribution is -2.45. The quantitative estimate of drug-likeness (QED) is 0.338. The Labute approximate surface area is 150 Å². The van der Waals surface area contributed by atoms with Gasteiger partial charge in [0.2, 0.25) is 5.91 Å².